The van der Waals surface area contributed by atoms with Gasteiger partial charge in [-0.2, -0.15) is 0 Å². The number of Topliss-reactive ketones (excluding diaryl/α,β-unsaturated/α-hetero) is 1. The fourth-order valence-electron chi connectivity index (χ4n) is 4.94. The summed E-state index contributed by atoms with van der Waals surface area (Å²) in [6.45, 7) is 6.28. The Labute approximate surface area is 263 Å². The minimum absolute atomic E-state index is 0.0837. The third kappa shape index (κ3) is 8.56. The van der Waals surface area contributed by atoms with Crippen molar-refractivity contribution in [2.24, 2.45) is 0 Å². The maximum absolute atomic E-state index is 13.2. The van der Waals surface area contributed by atoms with Gasteiger partial charge in [-0.05, 0) is 49.2 Å². The van der Waals surface area contributed by atoms with Crippen molar-refractivity contribution >= 4 is 53.2 Å². The van der Waals surface area contributed by atoms with Crippen molar-refractivity contribution in [2.45, 2.75) is 44.7 Å². The molecule has 2 unspecified atom stereocenters. The summed E-state index contributed by atoms with van der Waals surface area (Å²) < 4.78 is 17.5. The van der Waals surface area contributed by atoms with E-state index < -0.39 is 30.4 Å². The number of ketones is 2. The van der Waals surface area contributed by atoms with E-state index >= 15 is 0 Å². The molecule has 0 spiro atoms. The van der Waals surface area contributed by atoms with Crippen molar-refractivity contribution in [1.29, 1.82) is 0 Å². The number of hydrogen-bond acceptors (Lipinski definition) is 8. The highest BCUT2D eigenvalue weighted by atomic mass is 16.6. The van der Waals surface area contributed by atoms with Crippen LogP contribution in [0.4, 0.5) is 0 Å². The zero-order valence-electron chi connectivity index (χ0n) is 25.7. The molecule has 9 nitrogen and oxygen atoms in total. The molecule has 0 amide bonds. The number of aliphatic hydroxyl groups excluding tert-OH is 1. The minimum atomic E-state index is -1.11. The number of aromatic nitrogens is 1. The van der Waals surface area contributed by atoms with Crippen LogP contribution in [0.5, 0.6) is 0 Å². The minimum Gasteiger partial charge on any atom is -0.463 e. The Morgan fingerprint density at radius 2 is 1.51 bits per heavy atom. The molecule has 4 aromatic rings. The van der Waals surface area contributed by atoms with Crippen LogP contribution in [0, 0.1) is 0 Å². The Kier molecular flexibility index (Phi) is 11.8. The predicted octanol–water partition coefficient (Wildman–Crippen LogP) is 4.47. The van der Waals surface area contributed by atoms with Gasteiger partial charge in [-0.1, -0.05) is 56.1 Å². The average molecular weight is 612 g/mol. The summed E-state index contributed by atoms with van der Waals surface area (Å²) in [4.78, 5) is 50.0. The van der Waals surface area contributed by atoms with E-state index in [9.17, 15) is 24.3 Å². The number of aliphatic hydroxyl groups is 1. The van der Waals surface area contributed by atoms with Gasteiger partial charge in [0.15, 0.2) is 5.78 Å². The molecule has 0 bridgehead atoms. The summed E-state index contributed by atoms with van der Waals surface area (Å²) in [5, 5.41) is 11.7. The first kappa shape index (κ1) is 33.4. The van der Waals surface area contributed by atoms with Gasteiger partial charge in [0.2, 0.25) is 0 Å². The van der Waals surface area contributed by atoms with Crippen molar-refractivity contribution in [3.8, 4) is 0 Å². The van der Waals surface area contributed by atoms with Gasteiger partial charge in [-0.25, -0.2) is 9.59 Å². The number of carbonyl (C=O) groups excluding carboxylic acids is 4. The zero-order chi connectivity index (χ0) is 32.3. The molecule has 0 radical (unpaired) electrons. The van der Waals surface area contributed by atoms with Crippen LogP contribution >= 0.6 is 0 Å². The van der Waals surface area contributed by atoms with Crippen molar-refractivity contribution in [1.82, 2.24) is 4.57 Å². The van der Waals surface area contributed by atoms with Gasteiger partial charge in [0.25, 0.3) is 5.78 Å². The molecular formula is C35H38BNO8. The molecule has 0 fully saturated rings. The van der Waals surface area contributed by atoms with E-state index in [0.29, 0.717) is 36.4 Å². The van der Waals surface area contributed by atoms with E-state index in [2.05, 4.69) is 25.9 Å². The van der Waals surface area contributed by atoms with Crippen molar-refractivity contribution < 1.29 is 38.5 Å². The highest BCUT2D eigenvalue weighted by Crippen LogP contribution is 2.33. The molecular weight excluding hydrogens is 573 g/mol. The first-order valence-electron chi connectivity index (χ1n) is 15.2. The third-order valence-electron chi connectivity index (χ3n) is 7.61. The highest BCUT2D eigenvalue weighted by Gasteiger charge is 2.22. The van der Waals surface area contributed by atoms with E-state index in [1.165, 1.54) is 0 Å². The smallest absolute Gasteiger partial charge is 0.379 e. The second-order valence-electron chi connectivity index (χ2n) is 11.0. The van der Waals surface area contributed by atoms with Crippen LogP contribution < -0.4 is 0 Å². The number of benzene rings is 3. The average Bonchev–Trinajstić information content (AvgIpc) is 3.37. The summed E-state index contributed by atoms with van der Waals surface area (Å²) in [6, 6.07) is 19.7. The lowest BCUT2D eigenvalue weighted by Gasteiger charge is -2.13. The predicted molar refractivity (Wildman–Crippen MR) is 174 cm³/mol. The fourth-order valence-corrected chi connectivity index (χ4v) is 4.94. The molecule has 2 atom stereocenters. The van der Waals surface area contributed by atoms with Crippen LogP contribution in [-0.2, 0) is 30.3 Å². The van der Waals surface area contributed by atoms with Gasteiger partial charge in [-0.15, -0.1) is 0 Å². The van der Waals surface area contributed by atoms with Crippen LogP contribution in [0.1, 0.15) is 52.5 Å². The lowest BCUT2D eigenvalue weighted by atomic mass is 9.85. The van der Waals surface area contributed by atoms with Gasteiger partial charge in [0.1, 0.15) is 20.6 Å². The monoisotopic (exact) mass is 611 g/mol. The van der Waals surface area contributed by atoms with Crippen LogP contribution in [0.15, 0.2) is 79.4 Å². The Morgan fingerprint density at radius 3 is 2.18 bits per heavy atom. The first-order chi connectivity index (χ1) is 21.7. The molecule has 1 aromatic heterocycles. The number of fused-ring (bicyclic) bond motifs is 3. The number of hydrogen-bond donors (Lipinski definition) is 1. The molecule has 45 heavy (non-hydrogen) atoms. The molecule has 1 heterocycles. The van der Waals surface area contributed by atoms with Crippen LogP contribution in [-0.4, -0.2) is 73.6 Å². The molecule has 0 aliphatic carbocycles. The topological polar surface area (TPSA) is 121 Å². The fraction of sp³-hybridized carbons (Fsp3) is 0.314. The second kappa shape index (κ2) is 16.0. The van der Waals surface area contributed by atoms with Gasteiger partial charge < -0.3 is 23.9 Å². The van der Waals surface area contributed by atoms with Gasteiger partial charge >= 0.3 is 11.9 Å². The quantitative estimate of drug-likeness (QED) is 0.0464. The van der Waals surface area contributed by atoms with Gasteiger partial charge in [0.05, 0.1) is 13.2 Å². The molecule has 10 heteroatoms. The normalized spacial score (nSPS) is 12.5. The standard InChI is InChI=1S/C35H38BNO8/c1-3-26(36)20-37-30-14-12-24(33(40)23-10-6-5-7-11-23)18-28(30)29-19-25(13-15-31(29)37)34(41)35(42)45-22-27(38)21-43-16-8-9-17-44-32(39)4-2/h4-7,10-15,18-19,26-27,38H,2-3,8-9,16-17,20-22,36H2,1H3. The summed E-state index contributed by atoms with van der Waals surface area (Å²) in [5.74, 6) is -2.12. The number of unbranched alkanes of at least 4 members (excludes halogenated alkanes) is 1. The van der Waals surface area contributed by atoms with Crippen molar-refractivity contribution in [2.75, 3.05) is 26.4 Å². The van der Waals surface area contributed by atoms with Gasteiger partial charge in [-0.3, -0.25) is 9.59 Å². The first-order valence-corrected chi connectivity index (χ1v) is 15.2. The lowest BCUT2D eigenvalue weighted by Crippen LogP contribution is -2.27. The molecule has 234 valence electrons. The number of rotatable bonds is 17. The molecule has 0 aliphatic heterocycles. The van der Waals surface area contributed by atoms with E-state index in [-0.39, 0.29) is 24.6 Å². The Balaban J connectivity index is 1.45. The second-order valence-corrected chi connectivity index (χ2v) is 11.0. The number of ether oxygens (including phenoxy) is 3. The van der Waals surface area contributed by atoms with Crippen LogP contribution in [0.2, 0.25) is 5.82 Å². The SMILES string of the molecule is BC(CC)Cn1c2ccc(C(=O)C(=O)OCC(O)COCCCCOC(=O)C=C)cc2c2cc(C(=O)c3ccccc3)ccc21. The van der Waals surface area contributed by atoms with Crippen molar-refractivity contribution in [3.05, 3.63) is 96.1 Å². The van der Waals surface area contributed by atoms with Crippen LogP contribution in [0.3, 0.4) is 0 Å². The molecule has 3 aromatic carbocycles. The Hall–Kier alpha value is -4.54. The number of esters is 2. The Morgan fingerprint density at radius 1 is 0.867 bits per heavy atom. The van der Waals surface area contributed by atoms with Crippen molar-refractivity contribution in [3.63, 3.8) is 0 Å². The highest BCUT2D eigenvalue weighted by molar-refractivity contribution is 6.41. The van der Waals surface area contributed by atoms with E-state index in [1.807, 2.05) is 42.5 Å². The largest absolute Gasteiger partial charge is 0.463 e. The Bertz CT molecular complexity index is 1680. The zero-order valence-corrected chi connectivity index (χ0v) is 25.7. The summed E-state index contributed by atoms with van der Waals surface area (Å²) >= 11 is 0. The molecule has 4 rings (SSSR count). The van der Waals surface area contributed by atoms with E-state index in [1.54, 1.807) is 24.3 Å². The van der Waals surface area contributed by atoms with E-state index in [0.717, 1.165) is 40.8 Å². The maximum atomic E-state index is 13.2. The lowest BCUT2D eigenvalue weighted by molar-refractivity contribution is -0.142. The maximum Gasteiger partial charge on any atom is 0.379 e. The molecule has 0 saturated heterocycles. The molecule has 0 aliphatic rings. The number of carbonyl (C=O) groups is 4. The summed E-state index contributed by atoms with van der Waals surface area (Å²) in [7, 11) is 2.17. The molecule has 0 saturated carbocycles. The molecule has 1 N–H and O–H groups in total. The summed E-state index contributed by atoms with van der Waals surface area (Å²) in [5.41, 5.74) is 3.09. The van der Waals surface area contributed by atoms with Gasteiger partial charge in [0, 0.05) is 57.7 Å². The summed E-state index contributed by atoms with van der Waals surface area (Å²) in [6.07, 6.45) is 2.16. The van der Waals surface area contributed by atoms with Crippen LogP contribution in [0.25, 0.3) is 21.8 Å². The van der Waals surface area contributed by atoms with E-state index in [4.69, 9.17) is 14.2 Å². The third-order valence-corrected chi connectivity index (χ3v) is 7.61. The number of nitrogens with zero attached hydrogens (tertiary/aromatic N) is 1.